The summed E-state index contributed by atoms with van der Waals surface area (Å²) >= 11 is 0. The molecule has 1 aromatic heterocycles. The van der Waals surface area contributed by atoms with Gasteiger partial charge in [-0.3, -0.25) is 4.90 Å². The molecule has 0 atom stereocenters. The molecule has 3 aliphatic rings. The molecule has 11 rings (SSSR count). The Morgan fingerprint density at radius 2 is 0.776 bits per heavy atom. The van der Waals surface area contributed by atoms with E-state index in [2.05, 4.69) is 198 Å². The Hall–Kier alpha value is -6.65. The number of nitrogens with zero attached hydrogens (tertiary/aromatic N) is 4. The molecule has 0 saturated carbocycles. The first kappa shape index (κ1) is 34.6. The molecule has 8 aromatic rings. The number of aromatic nitrogens is 3. The summed E-state index contributed by atoms with van der Waals surface area (Å²) in [5.41, 5.74) is 18.8. The van der Waals surface area contributed by atoms with E-state index in [1.165, 1.54) is 66.8 Å². The van der Waals surface area contributed by atoms with Gasteiger partial charge in [-0.25, -0.2) is 4.98 Å². The average Bonchev–Trinajstić information content (AvgIpc) is 3.74. The summed E-state index contributed by atoms with van der Waals surface area (Å²) in [4.78, 5) is 18.6. The second kappa shape index (κ2) is 12.2. The van der Waals surface area contributed by atoms with Gasteiger partial charge in [-0.2, -0.15) is 9.97 Å². The zero-order chi connectivity index (χ0) is 39.6. The molecule has 0 amide bonds. The molecule has 1 heterocycles. The molecule has 0 aliphatic heterocycles. The van der Waals surface area contributed by atoms with Gasteiger partial charge in [0, 0.05) is 27.4 Å². The fraction of sp³-hybridized carbons (Fsp3) is 0.167. The third-order valence-electron chi connectivity index (χ3n) is 13.3. The van der Waals surface area contributed by atoms with E-state index in [-0.39, 0.29) is 16.2 Å². The Kier molecular flexibility index (Phi) is 7.26. The third kappa shape index (κ3) is 4.78. The summed E-state index contributed by atoms with van der Waals surface area (Å²) in [7, 11) is 0. The van der Waals surface area contributed by atoms with Crippen molar-refractivity contribution in [3.63, 3.8) is 0 Å². The average molecular weight is 749 g/mol. The van der Waals surface area contributed by atoms with Crippen LogP contribution in [0.15, 0.2) is 158 Å². The molecular weight excluding hydrogens is 705 g/mol. The van der Waals surface area contributed by atoms with Gasteiger partial charge >= 0.3 is 0 Å². The molecule has 4 heteroatoms. The van der Waals surface area contributed by atoms with Crippen LogP contribution in [0.5, 0.6) is 0 Å². The molecule has 3 aliphatic carbocycles. The second-order valence-corrected chi connectivity index (χ2v) is 17.7. The van der Waals surface area contributed by atoms with E-state index in [0.717, 1.165) is 22.5 Å². The minimum Gasteiger partial charge on any atom is -0.278 e. The lowest BCUT2D eigenvalue weighted by Gasteiger charge is -2.34. The number of hydrogen-bond acceptors (Lipinski definition) is 4. The van der Waals surface area contributed by atoms with Crippen LogP contribution in [0.25, 0.3) is 56.2 Å². The molecule has 0 unspecified atom stereocenters. The van der Waals surface area contributed by atoms with Crippen molar-refractivity contribution in [2.75, 3.05) is 4.90 Å². The van der Waals surface area contributed by atoms with Crippen LogP contribution in [-0.2, 0) is 16.2 Å². The third-order valence-corrected chi connectivity index (χ3v) is 13.3. The van der Waals surface area contributed by atoms with Gasteiger partial charge in [0.2, 0.25) is 5.95 Å². The number of rotatable bonds is 5. The highest BCUT2D eigenvalue weighted by Crippen LogP contribution is 2.58. The van der Waals surface area contributed by atoms with Crippen LogP contribution in [0.1, 0.15) is 74.9 Å². The zero-order valence-electron chi connectivity index (χ0n) is 33.8. The van der Waals surface area contributed by atoms with Crippen LogP contribution in [0.4, 0.5) is 17.3 Å². The maximum Gasteiger partial charge on any atom is 0.238 e. The molecule has 0 bridgehead atoms. The highest BCUT2D eigenvalue weighted by atomic mass is 15.3. The van der Waals surface area contributed by atoms with Crippen LogP contribution in [0, 0.1) is 0 Å². The fourth-order valence-corrected chi connectivity index (χ4v) is 10.5. The van der Waals surface area contributed by atoms with Gasteiger partial charge in [-0.05, 0) is 85.0 Å². The normalized spacial score (nSPS) is 15.5. The standard InChI is InChI=1S/C54H44N4/c1-52(2)41-25-13-12-22-37(41)40-32-34(30-31-44(40)52)50-55-49(33-18-8-7-9-19-33)56-51(57-50)58(45-28-16-23-38-35-20-10-14-26-42(35)53(3,4)47(38)45)46-29-17-24-39-36-21-11-15-27-43(36)54(5,6)48(39)46/h7-32H,1-6H3. The monoisotopic (exact) mass is 748 g/mol. The fourth-order valence-electron chi connectivity index (χ4n) is 10.5. The van der Waals surface area contributed by atoms with Gasteiger partial charge in [-0.15, -0.1) is 0 Å². The second-order valence-electron chi connectivity index (χ2n) is 17.7. The van der Waals surface area contributed by atoms with E-state index in [1.807, 2.05) is 6.07 Å². The lowest BCUT2D eigenvalue weighted by atomic mass is 9.80. The Balaban J connectivity index is 1.21. The van der Waals surface area contributed by atoms with Gasteiger partial charge in [0.15, 0.2) is 11.6 Å². The van der Waals surface area contributed by atoms with Crippen molar-refractivity contribution in [3.05, 3.63) is 191 Å². The molecule has 58 heavy (non-hydrogen) atoms. The van der Waals surface area contributed by atoms with Crippen molar-refractivity contribution in [3.8, 4) is 56.2 Å². The van der Waals surface area contributed by atoms with Crippen LogP contribution in [-0.4, -0.2) is 15.0 Å². The number of anilines is 3. The van der Waals surface area contributed by atoms with E-state index < -0.39 is 0 Å². The summed E-state index contributed by atoms with van der Waals surface area (Å²) in [6, 6.07) is 57.1. The molecule has 4 nitrogen and oxygen atoms in total. The van der Waals surface area contributed by atoms with E-state index >= 15 is 0 Å². The smallest absolute Gasteiger partial charge is 0.238 e. The first-order valence-electron chi connectivity index (χ1n) is 20.4. The van der Waals surface area contributed by atoms with Crippen LogP contribution >= 0.6 is 0 Å². The zero-order valence-corrected chi connectivity index (χ0v) is 33.8. The summed E-state index contributed by atoms with van der Waals surface area (Å²) in [5, 5.41) is 0. The maximum atomic E-state index is 5.55. The lowest BCUT2D eigenvalue weighted by Crippen LogP contribution is -2.25. The molecule has 0 N–H and O–H groups in total. The Bertz CT molecular complexity index is 2880. The molecule has 280 valence electrons. The summed E-state index contributed by atoms with van der Waals surface area (Å²) in [6.45, 7) is 14.1. The highest BCUT2D eigenvalue weighted by molar-refractivity contribution is 5.94. The van der Waals surface area contributed by atoms with Crippen LogP contribution in [0.3, 0.4) is 0 Å². The minimum atomic E-state index is -0.282. The van der Waals surface area contributed by atoms with Crippen molar-refractivity contribution in [2.24, 2.45) is 0 Å². The predicted octanol–water partition coefficient (Wildman–Crippen LogP) is 13.6. The first-order valence-corrected chi connectivity index (χ1v) is 20.4. The number of benzene rings is 7. The lowest BCUT2D eigenvalue weighted by molar-refractivity contribution is 0.655. The first-order chi connectivity index (χ1) is 28.0. The van der Waals surface area contributed by atoms with Crippen molar-refractivity contribution in [2.45, 2.75) is 57.8 Å². The van der Waals surface area contributed by atoms with Crippen LogP contribution < -0.4 is 4.90 Å². The van der Waals surface area contributed by atoms with Crippen molar-refractivity contribution in [1.29, 1.82) is 0 Å². The molecule has 0 saturated heterocycles. The number of hydrogen-bond donors (Lipinski definition) is 0. The van der Waals surface area contributed by atoms with E-state index in [0.29, 0.717) is 17.6 Å². The van der Waals surface area contributed by atoms with Gasteiger partial charge in [-0.1, -0.05) is 181 Å². The van der Waals surface area contributed by atoms with Crippen molar-refractivity contribution < 1.29 is 0 Å². The Morgan fingerprint density at radius 3 is 1.33 bits per heavy atom. The van der Waals surface area contributed by atoms with Crippen molar-refractivity contribution in [1.82, 2.24) is 15.0 Å². The quantitative estimate of drug-likeness (QED) is 0.176. The topological polar surface area (TPSA) is 41.9 Å². The highest BCUT2D eigenvalue weighted by Gasteiger charge is 2.43. The minimum absolute atomic E-state index is 0.100. The maximum absolute atomic E-state index is 5.55. The van der Waals surface area contributed by atoms with Gasteiger partial charge in [0.1, 0.15) is 0 Å². The van der Waals surface area contributed by atoms with E-state index in [4.69, 9.17) is 15.0 Å². The van der Waals surface area contributed by atoms with Gasteiger partial charge in [0.25, 0.3) is 0 Å². The predicted molar refractivity (Wildman–Crippen MR) is 238 cm³/mol. The Morgan fingerprint density at radius 1 is 0.345 bits per heavy atom. The van der Waals surface area contributed by atoms with E-state index in [1.54, 1.807) is 0 Å². The van der Waals surface area contributed by atoms with Gasteiger partial charge in [0.05, 0.1) is 11.4 Å². The van der Waals surface area contributed by atoms with Crippen LogP contribution in [0.2, 0.25) is 0 Å². The Labute approximate surface area is 341 Å². The molecular formula is C54H44N4. The molecule has 0 radical (unpaired) electrons. The van der Waals surface area contributed by atoms with Crippen molar-refractivity contribution >= 4 is 17.3 Å². The molecule has 7 aromatic carbocycles. The summed E-state index contributed by atoms with van der Waals surface area (Å²) < 4.78 is 0. The summed E-state index contributed by atoms with van der Waals surface area (Å²) in [6.07, 6.45) is 0. The number of fused-ring (bicyclic) bond motifs is 9. The largest absolute Gasteiger partial charge is 0.278 e. The summed E-state index contributed by atoms with van der Waals surface area (Å²) in [5.74, 6) is 1.87. The van der Waals surface area contributed by atoms with E-state index in [9.17, 15) is 0 Å². The van der Waals surface area contributed by atoms with Gasteiger partial charge < -0.3 is 0 Å². The molecule has 0 spiro atoms. The molecule has 0 fully saturated rings. The SMILES string of the molecule is CC1(C)c2ccccc2-c2cc(-c3nc(-c4ccccc4)nc(N(c4cccc5c4C(C)(C)c4ccccc4-5)c4cccc5c4C(C)(C)c4ccccc4-5)n3)ccc21.